The van der Waals surface area contributed by atoms with Crippen molar-refractivity contribution in [3.8, 4) is 0 Å². The first-order valence-corrected chi connectivity index (χ1v) is 5.51. The van der Waals surface area contributed by atoms with E-state index in [0.29, 0.717) is 0 Å². The Balaban J connectivity index is 2.25. The Morgan fingerprint density at radius 3 is 2.60 bits per heavy atom. The van der Waals surface area contributed by atoms with E-state index in [0.717, 1.165) is 31.7 Å². The summed E-state index contributed by atoms with van der Waals surface area (Å²) < 4.78 is 0. The number of anilines is 1. The van der Waals surface area contributed by atoms with E-state index in [2.05, 4.69) is 16.3 Å². The average molecular weight is 206 g/mol. The molecule has 15 heavy (non-hydrogen) atoms. The van der Waals surface area contributed by atoms with Gasteiger partial charge in [-0.1, -0.05) is 18.2 Å². The molecule has 1 heterocycles. The zero-order valence-electron chi connectivity index (χ0n) is 9.11. The summed E-state index contributed by atoms with van der Waals surface area (Å²) in [7, 11) is 0. The van der Waals surface area contributed by atoms with Crippen LogP contribution in [0.15, 0.2) is 24.3 Å². The lowest BCUT2D eigenvalue weighted by atomic mass is 10.1. The van der Waals surface area contributed by atoms with Gasteiger partial charge in [-0.3, -0.25) is 0 Å². The minimum atomic E-state index is -0.393. The number of para-hydroxylation sites is 1. The van der Waals surface area contributed by atoms with Gasteiger partial charge < -0.3 is 15.3 Å². The molecule has 1 aromatic carbocycles. The summed E-state index contributed by atoms with van der Waals surface area (Å²) in [5.74, 6) is 0. The van der Waals surface area contributed by atoms with Gasteiger partial charge in [-0.05, 0) is 13.0 Å². The SMILES string of the molecule is C[C@H](O)c1ccccc1N1CCNCC1. The summed E-state index contributed by atoms with van der Waals surface area (Å²) in [4.78, 5) is 2.33. The fourth-order valence-electron chi connectivity index (χ4n) is 2.03. The number of nitrogens with one attached hydrogen (secondary N) is 1. The van der Waals surface area contributed by atoms with Gasteiger partial charge in [0.25, 0.3) is 0 Å². The first-order chi connectivity index (χ1) is 7.29. The van der Waals surface area contributed by atoms with Gasteiger partial charge >= 0.3 is 0 Å². The Labute approximate surface area is 90.7 Å². The molecule has 1 fully saturated rings. The highest BCUT2D eigenvalue weighted by Crippen LogP contribution is 2.26. The molecule has 0 amide bonds. The topological polar surface area (TPSA) is 35.5 Å². The Morgan fingerprint density at radius 2 is 1.93 bits per heavy atom. The van der Waals surface area contributed by atoms with E-state index in [9.17, 15) is 5.11 Å². The Morgan fingerprint density at radius 1 is 1.27 bits per heavy atom. The molecule has 2 N–H and O–H groups in total. The van der Waals surface area contributed by atoms with Gasteiger partial charge in [0.1, 0.15) is 0 Å². The van der Waals surface area contributed by atoms with Crippen LogP contribution >= 0.6 is 0 Å². The molecule has 1 aromatic rings. The molecule has 3 nitrogen and oxygen atoms in total. The van der Waals surface area contributed by atoms with E-state index in [4.69, 9.17) is 0 Å². The molecular formula is C12H18N2O. The van der Waals surface area contributed by atoms with Crippen LogP contribution in [0.3, 0.4) is 0 Å². The number of rotatable bonds is 2. The van der Waals surface area contributed by atoms with Gasteiger partial charge in [0, 0.05) is 37.4 Å². The third-order valence-corrected chi connectivity index (χ3v) is 2.84. The van der Waals surface area contributed by atoms with E-state index in [1.165, 1.54) is 5.69 Å². The summed E-state index contributed by atoms with van der Waals surface area (Å²) in [6, 6.07) is 8.10. The highest BCUT2D eigenvalue weighted by atomic mass is 16.3. The van der Waals surface area contributed by atoms with Crippen LogP contribution < -0.4 is 10.2 Å². The molecular weight excluding hydrogens is 188 g/mol. The number of benzene rings is 1. The second kappa shape index (κ2) is 4.64. The first-order valence-electron chi connectivity index (χ1n) is 5.51. The number of aliphatic hydroxyl groups is 1. The van der Waals surface area contributed by atoms with Crippen molar-refractivity contribution in [2.24, 2.45) is 0 Å². The van der Waals surface area contributed by atoms with Gasteiger partial charge in [-0.2, -0.15) is 0 Å². The van der Waals surface area contributed by atoms with E-state index in [1.807, 2.05) is 25.1 Å². The molecule has 1 aliphatic heterocycles. The second-order valence-electron chi connectivity index (χ2n) is 3.97. The normalized spacial score (nSPS) is 18.9. The number of hydrogen-bond donors (Lipinski definition) is 2. The molecule has 0 aliphatic carbocycles. The van der Waals surface area contributed by atoms with Crippen molar-refractivity contribution in [2.45, 2.75) is 13.0 Å². The predicted octanol–water partition coefficient (Wildman–Crippen LogP) is 1.15. The zero-order valence-corrected chi connectivity index (χ0v) is 9.11. The van der Waals surface area contributed by atoms with Gasteiger partial charge in [-0.15, -0.1) is 0 Å². The van der Waals surface area contributed by atoms with Crippen LogP contribution in [0.2, 0.25) is 0 Å². The minimum absolute atomic E-state index is 0.393. The minimum Gasteiger partial charge on any atom is -0.389 e. The Kier molecular flexibility index (Phi) is 3.23. The molecule has 0 aromatic heterocycles. The van der Waals surface area contributed by atoms with Crippen LogP contribution in [0.25, 0.3) is 0 Å². The number of hydrogen-bond acceptors (Lipinski definition) is 3. The number of piperazine rings is 1. The van der Waals surface area contributed by atoms with Crippen LogP contribution in [0.5, 0.6) is 0 Å². The first kappa shape index (κ1) is 10.5. The summed E-state index contributed by atoms with van der Waals surface area (Å²) in [6.07, 6.45) is -0.393. The molecule has 0 bridgehead atoms. The smallest absolute Gasteiger partial charge is 0.0781 e. The van der Waals surface area contributed by atoms with Gasteiger partial charge in [0.05, 0.1) is 6.10 Å². The highest BCUT2D eigenvalue weighted by molar-refractivity contribution is 5.54. The molecule has 82 valence electrons. The Hall–Kier alpha value is -1.06. The number of aliphatic hydroxyl groups excluding tert-OH is 1. The summed E-state index contributed by atoms with van der Waals surface area (Å²) in [6.45, 7) is 5.90. The van der Waals surface area contributed by atoms with Crippen LogP contribution in [-0.4, -0.2) is 31.3 Å². The maximum atomic E-state index is 9.69. The molecule has 1 saturated heterocycles. The van der Waals surface area contributed by atoms with Crippen molar-refractivity contribution in [3.63, 3.8) is 0 Å². The molecule has 0 spiro atoms. The zero-order chi connectivity index (χ0) is 10.7. The lowest BCUT2D eigenvalue weighted by molar-refractivity contribution is 0.199. The highest BCUT2D eigenvalue weighted by Gasteiger charge is 2.15. The lowest BCUT2D eigenvalue weighted by Gasteiger charge is -2.31. The third-order valence-electron chi connectivity index (χ3n) is 2.84. The monoisotopic (exact) mass is 206 g/mol. The van der Waals surface area contributed by atoms with Gasteiger partial charge in [-0.25, -0.2) is 0 Å². The molecule has 3 heteroatoms. The van der Waals surface area contributed by atoms with E-state index in [1.54, 1.807) is 0 Å². The fourth-order valence-corrected chi connectivity index (χ4v) is 2.03. The maximum Gasteiger partial charge on any atom is 0.0781 e. The van der Waals surface area contributed by atoms with Crippen molar-refractivity contribution in [1.29, 1.82) is 0 Å². The van der Waals surface area contributed by atoms with Crippen molar-refractivity contribution in [3.05, 3.63) is 29.8 Å². The second-order valence-corrected chi connectivity index (χ2v) is 3.97. The van der Waals surface area contributed by atoms with Crippen molar-refractivity contribution >= 4 is 5.69 Å². The lowest BCUT2D eigenvalue weighted by Crippen LogP contribution is -2.43. The van der Waals surface area contributed by atoms with Crippen molar-refractivity contribution < 1.29 is 5.11 Å². The standard InChI is InChI=1S/C12H18N2O/c1-10(15)11-4-2-3-5-12(11)14-8-6-13-7-9-14/h2-5,10,13,15H,6-9H2,1H3/t10-/m0/s1. The van der Waals surface area contributed by atoms with Crippen LogP contribution in [0, 0.1) is 0 Å². The molecule has 0 unspecified atom stereocenters. The van der Waals surface area contributed by atoms with E-state index >= 15 is 0 Å². The van der Waals surface area contributed by atoms with Crippen LogP contribution in [0.1, 0.15) is 18.6 Å². The third kappa shape index (κ3) is 2.30. The van der Waals surface area contributed by atoms with Crippen molar-refractivity contribution in [2.75, 3.05) is 31.1 Å². The molecule has 2 rings (SSSR count). The Bertz CT molecular complexity index is 319. The quantitative estimate of drug-likeness (QED) is 0.762. The van der Waals surface area contributed by atoms with Gasteiger partial charge in [0.2, 0.25) is 0 Å². The van der Waals surface area contributed by atoms with E-state index in [-0.39, 0.29) is 0 Å². The average Bonchev–Trinajstić information content (AvgIpc) is 2.30. The largest absolute Gasteiger partial charge is 0.389 e. The van der Waals surface area contributed by atoms with E-state index < -0.39 is 6.10 Å². The van der Waals surface area contributed by atoms with Crippen molar-refractivity contribution in [1.82, 2.24) is 5.32 Å². The maximum absolute atomic E-state index is 9.69. The van der Waals surface area contributed by atoms with Gasteiger partial charge in [0.15, 0.2) is 0 Å². The molecule has 0 radical (unpaired) electrons. The summed E-state index contributed by atoms with van der Waals surface area (Å²) in [5, 5.41) is 13.0. The predicted molar refractivity (Wildman–Crippen MR) is 62.2 cm³/mol. The van der Waals surface area contributed by atoms with Crippen LogP contribution in [-0.2, 0) is 0 Å². The van der Waals surface area contributed by atoms with Crippen LogP contribution in [0.4, 0.5) is 5.69 Å². The molecule has 1 aliphatic rings. The molecule has 1 atom stereocenters. The summed E-state index contributed by atoms with van der Waals surface area (Å²) >= 11 is 0. The summed E-state index contributed by atoms with van der Waals surface area (Å²) in [5.41, 5.74) is 2.20. The fraction of sp³-hybridized carbons (Fsp3) is 0.500. The molecule has 0 saturated carbocycles. The number of nitrogens with zero attached hydrogens (tertiary/aromatic N) is 1.